The van der Waals surface area contributed by atoms with Crippen LogP contribution in [0.5, 0.6) is 0 Å². The molecule has 0 bridgehead atoms. The average Bonchev–Trinajstić information content (AvgIpc) is 3.10. The fourth-order valence-corrected chi connectivity index (χ4v) is 4.86. The fraction of sp³-hybridized carbons (Fsp3) is 0.650. The van der Waals surface area contributed by atoms with Crippen LogP contribution in [0.1, 0.15) is 51.5 Å². The summed E-state index contributed by atoms with van der Waals surface area (Å²) in [7, 11) is -0.246. The Morgan fingerprint density at radius 2 is 1.93 bits per heavy atom. The van der Waals surface area contributed by atoms with Gasteiger partial charge in [-0.25, -0.2) is 13.1 Å². The van der Waals surface area contributed by atoms with E-state index in [4.69, 9.17) is 0 Å². The molecule has 0 radical (unpaired) electrons. The Morgan fingerprint density at radius 3 is 2.52 bits per heavy atom. The summed E-state index contributed by atoms with van der Waals surface area (Å²) < 4.78 is 26.3. The number of sulfonamides is 1. The van der Waals surface area contributed by atoms with Gasteiger partial charge in [0, 0.05) is 20.1 Å². The zero-order chi connectivity index (χ0) is 19.9. The Labute approximate surface area is 164 Å². The number of hydrogen-bond acceptors (Lipinski definition) is 3. The van der Waals surface area contributed by atoms with Crippen molar-refractivity contribution < 1.29 is 8.42 Å². The Balaban J connectivity index is 1.95. The molecule has 0 unspecified atom stereocenters. The molecule has 152 valence electrons. The van der Waals surface area contributed by atoms with E-state index in [1.807, 2.05) is 6.07 Å². The fourth-order valence-electron chi connectivity index (χ4n) is 4.06. The monoisotopic (exact) mass is 394 g/mol. The first-order chi connectivity index (χ1) is 12.8. The van der Waals surface area contributed by atoms with Crippen molar-refractivity contribution in [3.05, 3.63) is 29.8 Å². The molecule has 1 fully saturated rings. The summed E-state index contributed by atoms with van der Waals surface area (Å²) in [5, 5.41) is 6.79. The highest BCUT2D eigenvalue weighted by Crippen LogP contribution is 2.42. The molecule has 1 aromatic rings. The lowest BCUT2D eigenvalue weighted by Crippen LogP contribution is -2.43. The lowest BCUT2D eigenvalue weighted by molar-refractivity contribution is 0.235. The van der Waals surface area contributed by atoms with E-state index >= 15 is 0 Å². The third kappa shape index (κ3) is 6.21. The van der Waals surface area contributed by atoms with Crippen LogP contribution in [0.15, 0.2) is 34.2 Å². The molecule has 1 aromatic carbocycles. The van der Waals surface area contributed by atoms with Crippen molar-refractivity contribution >= 4 is 16.0 Å². The van der Waals surface area contributed by atoms with Crippen molar-refractivity contribution in [2.75, 3.05) is 20.6 Å². The van der Waals surface area contributed by atoms with Crippen LogP contribution < -0.4 is 15.4 Å². The van der Waals surface area contributed by atoms with E-state index in [0.29, 0.717) is 17.9 Å². The Bertz CT molecular complexity index is 738. The van der Waals surface area contributed by atoms with Crippen molar-refractivity contribution in [1.82, 2.24) is 15.4 Å². The lowest BCUT2D eigenvalue weighted by Gasteiger charge is -2.32. The van der Waals surface area contributed by atoms with Crippen molar-refractivity contribution in [1.29, 1.82) is 0 Å². The van der Waals surface area contributed by atoms with Crippen LogP contribution >= 0.6 is 0 Å². The van der Waals surface area contributed by atoms with E-state index in [9.17, 15) is 8.42 Å². The third-order valence-corrected chi connectivity index (χ3v) is 6.71. The number of benzene rings is 1. The third-order valence-electron chi connectivity index (χ3n) is 5.30. The molecular weight excluding hydrogens is 360 g/mol. The first-order valence-electron chi connectivity index (χ1n) is 9.77. The second-order valence-corrected chi connectivity index (χ2v) is 9.83. The van der Waals surface area contributed by atoms with Gasteiger partial charge in [0.05, 0.1) is 4.90 Å². The molecule has 0 atom stereocenters. The standard InChI is InChI=1S/C20H34N4O2S/c1-16(2)13-20(10-5-6-11-20)15-24-19(21-3)23-14-17-8-7-9-18(12-17)27(25,26)22-4/h7-9,12,16,22H,5-6,10-11,13-15H2,1-4H3,(H2,21,23,24). The molecule has 0 aliphatic heterocycles. The maximum Gasteiger partial charge on any atom is 0.240 e. The van der Waals surface area contributed by atoms with Crippen LogP contribution in [0, 0.1) is 11.3 Å². The van der Waals surface area contributed by atoms with Gasteiger partial charge in [0.1, 0.15) is 0 Å². The first-order valence-corrected chi connectivity index (χ1v) is 11.3. The van der Waals surface area contributed by atoms with Crippen LogP contribution in [-0.4, -0.2) is 35.0 Å². The van der Waals surface area contributed by atoms with E-state index in [1.54, 1.807) is 25.2 Å². The second-order valence-electron chi connectivity index (χ2n) is 7.94. The van der Waals surface area contributed by atoms with Gasteiger partial charge in [-0.05, 0) is 55.3 Å². The highest BCUT2D eigenvalue weighted by atomic mass is 32.2. The summed E-state index contributed by atoms with van der Waals surface area (Å²) >= 11 is 0. The summed E-state index contributed by atoms with van der Waals surface area (Å²) in [5.74, 6) is 1.45. The molecule has 0 heterocycles. The number of nitrogens with one attached hydrogen (secondary N) is 3. The van der Waals surface area contributed by atoms with Crippen molar-refractivity contribution in [2.24, 2.45) is 16.3 Å². The normalized spacial score (nSPS) is 17.3. The predicted octanol–water partition coefficient (Wildman–Crippen LogP) is 2.87. The van der Waals surface area contributed by atoms with E-state index < -0.39 is 10.0 Å². The Hall–Kier alpha value is -1.60. The van der Waals surface area contributed by atoms with Gasteiger partial charge in [0.2, 0.25) is 10.0 Å². The number of aliphatic imine (C=N–C) groups is 1. The molecule has 0 amide bonds. The molecule has 2 rings (SSSR count). The van der Waals surface area contributed by atoms with E-state index in [0.717, 1.165) is 18.1 Å². The van der Waals surface area contributed by atoms with Crippen LogP contribution in [0.4, 0.5) is 0 Å². The Kier molecular flexibility index (Phi) is 7.68. The molecular formula is C20H34N4O2S. The maximum atomic E-state index is 12.0. The molecule has 1 saturated carbocycles. The summed E-state index contributed by atoms with van der Waals surface area (Å²) in [4.78, 5) is 4.60. The SMILES string of the molecule is CN=C(NCc1cccc(S(=O)(=O)NC)c1)NCC1(CC(C)C)CCCC1. The molecule has 0 saturated heterocycles. The first kappa shape index (κ1) is 21.7. The number of nitrogens with zero attached hydrogens (tertiary/aromatic N) is 1. The highest BCUT2D eigenvalue weighted by molar-refractivity contribution is 7.89. The van der Waals surface area contributed by atoms with Gasteiger partial charge >= 0.3 is 0 Å². The van der Waals surface area contributed by atoms with Crippen LogP contribution in [0.3, 0.4) is 0 Å². The van der Waals surface area contributed by atoms with Crippen molar-refractivity contribution in [3.8, 4) is 0 Å². The average molecular weight is 395 g/mol. The number of rotatable bonds is 8. The quantitative estimate of drug-likeness (QED) is 0.468. The molecule has 0 aromatic heterocycles. The lowest BCUT2D eigenvalue weighted by atomic mass is 9.78. The van der Waals surface area contributed by atoms with E-state index in [1.165, 1.54) is 39.2 Å². The van der Waals surface area contributed by atoms with Gasteiger partial charge in [0.25, 0.3) is 0 Å². The summed E-state index contributed by atoms with van der Waals surface area (Å²) in [6, 6.07) is 6.95. The highest BCUT2D eigenvalue weighted by Gasteiger charge is 2.34. The second kappa shape index (κ2) is 9.55. The number of guanidine groups is 1. The van der Waals surface area contributed by atoms with Gasteiger partial charge in [0.15, 0.2) is 5.96 Å². The summed E-state index contributed by atoms with van der Waals surface area (Å²) in [6.07, 6.45) is 6.42. The summed E-state index contributed by atoms with van der Waals surface area (Å²) in [5.41, 5.74) is 1.26. The van der Waals surface area contributed by atoms with Crippen molar-refractivity contribution in [2.45, 2.75) is 57.4 Å². The predicted molar refractivity (Wildman–Crippen MR) is 111 cm³/mol. The van der Waals surface area contributed by atoms with Crippen LogP contribution in [0.2, 0.25) is 0 Å². The molecule has 27 heavy (non-hydrogen) atoms. The molecule has 3 N–H and O–H groups in total. The Morgan fingerprint density at radius 1 is 1.22 bits per heavy atom. The molecule has 6 nitrogen and oxygen atoms in total. The topological polar surface area (TPSA) is 82.6 Å². The van der Waals surface area contributed by atoms with Gasteiger partial charge in [-0.2, -0.15) is 0 Å². The smallest absolute Gasteiger partial charge is 0.240 e. The zero-order valence-electron chi connectivity index (χ0n) is 17.0. The van der Waals surface area contributed by atoms with E-state index in [2.05, 4.69) is 34.2 Å². The van der Waals surface area contributed by atoms with Gasteiger partial charge in [-0.1, -0.05) is 38.8 Å². The van der Waals surface area contributed by atoms with Gasteiger partial charge in [-0.3, -0.25) is 4.99 Å². The zero-order valence-corrected chi connectivity index (χ0v) is 17.8. The van der Waals surface area contributed by atoms with Gasteiger partial charge in [-0.15, -0.1) is 0 Å². The van der Waals surface area contributed by atoms with Crippen molar-refractivity contribution in [3.63, 3.8) is 0 Å². The van der Waals surface area contributed by atoms with Crippen LogP contribution in [0.25, 0.3) is 0 Å². The van der Waals surface area contributed by atoms with Gasteiger partial charge < -0.3 is 10.6 Å². The minimum atomic E-state index is -3.43. The maximum absolute atomic E-state index is 12.0. The van der Waals surface area contributed by atoms with Crippen LogP contribution in [-0.2, 0) is 16.6 Å². The molecule has 1 aliphatic rings. The molecule has 0 spiro atoms. The number of hydrogen-bond donors (Lipinski definition) is 3. The minimum Gasteiger partial charge on any atom is -0.356 e. The minimum absolute atomic E-state index is 0.272. The molecule has 1 aliphatic carbocycles. The summed E-state index contributed by atoms with van der Waals surface area (Å²) in [6.45, 7) is 6.03. The molecule has 7 heteroatoms. The largest absolute Gasteiger partial charge is 0.356 e. The van der Waals surface area contributed by atoms with E-state index in [-0.39, 0.29) is 4.90 Å².